The van der Waals surface area contributed by atoms with Crippen molar-refractivity contribution in [1.82, 2.24) is 4.57 Å². The molecule has 1 amide bonds. The summed E-state index contributed by atoms with van der Waals surface area (Å²) < 4.78 is 2.05. The Morgan fingerprint density at radius 3 is 2.48 bits per heavy atom. The van der Waals surface area contributed by atoms with Gasteiger partial charge in [0.1, 0.15) is 5.69 Å². The van der Waals surface area contributed by atoms with E-state index in [1.165, 1.54) is 11.1 Å². The number of aryl methyl sites for hydroxylation is 3. The molecule has 0 atom stereocenters. The Balaban J connectivity index is 2.09. The van der Waals surface area contributed by atoms with Gasteiger partial charge in [0.25, 0.3) is 5.91 Å². The minimum atomic E-state index is -0.0834. The van der Waals surface area contributed by atoms with Crippen LogP contribution in [0.1, 0.15) is 52.5 Å². The van der Waals surface area contributed by atoms with Crippen LogP contribution in [0.5, 0.6) is 0 Å². The Hall–Kier alpha value is -2.81. The zero-order valence-electron chi connectivity index (χ0n) is 16.9. The number of fused-ring (bicyclic) bond motifs is 1. The first kappa shape index (κ1) is 19.0. The fourth-order valence-corrected chi connectivity index (χ4v) is 3.52. The number of nitrogens with one attached hydrogen (secondary N) is 1. The maximum atomic E-state index is 13.1. The highest BCUT2D eigenvalue weighted by Gasteiger charge is 2.20. The largest absolute Gasteiger partial charge is 0.332 e. The van der Waals surface area contributed by atoms with Crippen LogP contribution in [0.3, 0.4) is 0 Å². The average molecular weight is 361 g/mol. The summed E-state index contributed by atoms with van der Waals surface area (Å²) in [7, 11) is 0. The second-order valence-corrected chi connectivity index (χ2v) is 7.56. The molecule has 0 bridgehead atoms. The van der Waals surface area contributed by atoms with E-state index in [0.717, 1.165) is 27.7 Å². The van der Waals surface area contributed by atoms with E-state index in [1.807, 2.05) is 31.2 Å². The summed E-state index contributed by atoms with van der Waals surface area (Å²) in [6.45, 7) is 15.0. The van der Waals surface area contributed by atoms with Crippen molar-refractivity contribution in [3.8, 4) is 0 Å². The fraction of sp³-hybridized carbons (Fsp3) is 0.292. The molecule has 2 aromatic carbocycles. The highest BCUT2D eigenvalue weighted by molar-refractivity contribution is 6.08. The molecule has 3 heteroatoms. The Bertz CT molecular complexity index is 1020. The standard InChI is InChI=1S/C24H28N2O/c1-7-12-26-22-11-9-19(15(2)3)14-21(22)18(6)23(26)24(27)25-20-10-8-16(4)17(5)13-20/h7-11,13-15H,1,12H2,2-6H3,(H,25,27). The van der Waals surface area contributed by atoms with Crippen LogP contribution in [0.4, 0.5) is 5.69 Å². The lowest BCUT2D eigenvalue weighted by Gasteiger charge is -2.11. The number of hydrogen-bond donors (Lipinski definition) is 1. The maximum absolute atomic E-state index is 13.1. The molecule has 3 rings (SSSR count). The quantitative estimate of drug-likeness (QED) is 0.546. The van der Waals surface area contributed by atoms with Crippen LogP contribution in [0.2, 0.25) is 0 Å². The third kappa shape index (κ3) is 3.55. The number of carbonyl (C=O) groups excluding carboxylic acids is 1. The van der Waals surface area contributed by atoms with E-state index in [1.54, 1.807) is 0 Å². The van der Waals surface area contributed by atoms with E-state index in [4.69, 9.17) is 0 Å². The minimum Gasteiger partial charge on any atom is -0.332 e. The summed E-state index contributed by atoms with van der Waals surface area (Å²) in [5.41, 5.74) is 7.26. The Kier molecular flexibility index (Phi) is 5.22. The van der Waals surface area contributed by atoms with E-state index in [-0.39, 0.29) is 5.91 Å². The monoisotopic (exact) mass is 360 g/mol. The Morgan fingerprint density at radius 1 is 1.11 bits per heavy atom. The first-order chi connectivity index (χ1) is 12.8. The normalized spacial score (nSPS) is 11.2. The van der Waals surface area contributed by atoms with Gasteiger partial charge in [0.2, 0.25) is 0 Å². The van der Waals surface area contributed by atoms with Gasteiger partial charge < -0.3 is 9.88 Å². The van der Waals surface area contributed by atoms with Gasteiger partial charge in [-0.05, 0) is 73.2 Å². The van der Waals surface area contributed by atoms with E-state index in [0.29, 0.717) is 18.2 Å². The van der Waals surface area contributed by atoms with Gasteiger partial charge in [-0.15, -0.1) is 6.58 Å². The highest BCUT2D eigenvalue weighted by atomic mass is 16.2. The van der Waals surface area contributed by atoms with Gasteiger partial charge >= 0.3 is 0 Å². The third-order valence-corrected chi connectivity index (χ3v) is 5.30. The second-order valence-electron chi connectivity index (χ2n) is 7.56. The van der Waals surface area contributed by atoms with Gasteiger partial charge in [-0.1, -0.05) is 32.1 Å². The van der Waals surface area contributed by atoms with Gasteiger partial charge in [-0.25, -0.2) is 0 Å². The van der Waals surface area contributed by atoms with Crippen molar-refractivity contribution >= 4 is 22.5 Å². The first-order valence-electron chi connectivity index (χ1n) is 9.45. The molecule has 3 nitrogen and oxygen atoms in total. The molecule has 0 aliphatic carbocycles. The van der Waals surface area contributed by atoms with Gasteiger partial charge in [0.15, 0.2) is 0 Å². The van der Waals surface area contributed by atoms with Crippen molar-refractivity contribution in [1.29, 1.82) is 0 Å². The van der Waals surface area contributed by atoms with Gasteiger partial charge in [-0.3, -0.25) is 4.79 Å². The lowest BCUT2D eigenvalue weighted by atomic mass is 10.0. The van der Waals surface area contributed by atoms with Crippen LogP contribution in [0, 0.1) is 20.8 Å². The summed E-state index contributed by atoms with van der Waals surface area (Å²) in [5.74, 6) is 0.365. The number of hydrogen-bond acceptors (Lipinski definition) is 1. The number of anilines is 1. The van der Waals surface area contributed by atoms with Crippen molar-refractivity contribution in [3.05, 3.63) is 77.0 Å². The van der Waals surface area contributed by atoms with Crippen LogP contribution in [-0.2, 0) is 6.54 Å². The molecular weight excluding hydrogens is 332 g/mol. The van der Waals surface area contributed by atoms with E-state index < -0.39 is 0 Å². The summed E-state index contributed by atoms with van der Waals surface area (Å²) in [6.07, 6.45) is 1.84. The molecule has 140 valence electrons. The number of allylic oxidation sites excluding steroid dienone is 1. The van der Waals surface area contributed by atoms with Crippen LogP contribution in [-0.4, -0.2) is 10.5 Å². The minimum absolute atomic E-state index is 0.0834. The molecule has 0 saturated carbocycles. The molecule has 1 aromatic heterocycles. The molecule has 1 N–H and O–H groups in total. The average Bonchev–Trinajstić information content (AvgIpc) is 2.90. The van der Waals surface area contributed by atoms with E-state index >= 15 is 0 Å². The Labute approximate surface area is 161 Å². The van der Waals surface area contributed by atoms with Crippen LogP contribution in [0.25, 0.3) is 10.9 Å². The van der Waals surface area contributed by atoms with Gasteiger partial charge in [0, 0.05) is 23.1 Å². The summed E-state index contributed by atoms with van der Waals surface area (Å²) in [5, 5.41) is 4.20. The molecule has 0 aliphatic rings. The SMILES string of the molecule is C=CCn1c(C(=O)Nc2ccc(C)c(C)c2)c(C)c2cc(C(C)C)ccc21. The second kappa shape index (κ2) is 7.43. The fourth-order valence-electron chi connectivity index (χ4n) is 3.52. The molecule has 0 fully saturated rings. The molecule has 0 unspecified atom stereocenters. The number of benzene rings is 2. The first-order valence-corrected chi connectivity index (χ1v) is 9.45. The smallest absolute Gasteiger partial charge is 0.272 e. The molecule has 3 aromatic rings. The van der Waals surface area contributed by atoms with Crippen LogP contribution in [0.15, 0.2) is 49.1 Å². The van der Waals surface area contributed by atoms with Crippen molar-refractivity contribution < 1.29 is 4.79 Å². The molecule has 0 aliphatic heterocycles. The lowest BCUT2D eigenvalue weighted by Crippen LogP contribution is -2.18. The van der Waals surface area contributed by atoms with E-state index in [2.05, 4.69) is 62.4 Å². The Morgan fingerprint density at radius 2 is 1.85 bits per heavy atom. The number of amides is 1. The summed E-state index contributed by atoms with van der Waals surface area (Å²) in [4.78, 5) is 13.1. The van der Waals surface area contributed by atoms with Crippen molar-refractivity contribution in [3.63, 3.8) is 0 Å². The number of carbonyl (C=O) groups is 1. The maximum Gasteiger partial charge on any atom is 0.272 e. The molecular formula is C24H28N2O. The zero-order chi connectivity index (χ0) is 19.7. The van der Waals surface area contributed by atoms with Crippen LogP contribution < -0.4 is 5.32 Å². The van der Waals surface area contributed by atoms with Crippen molar-refractivity contribution in [2.45, 2.75) is 47.1 Å². The van der Waals surface area contributed by atoms with Crippen LogP contribution >= 0.6 is 0 Å². The number of rotatable bonds is 5. The molecule has 0 radical (unpaired) electrons. The third-order valence-electron chi connectivity index (χ3n) is 5.30. The molecule has 0 saturated heterocycles. The van der Waals surface area contributed by atoms with E-state index in [9.17, 15) is 4.79 Å². The highest BCUT2D eigenvalue weighted by Crippen LogP contribution is 2.30. The predicted octanol–water partition coefficient (Wildman–Crippen LogP) is 6.13. The van der Waals surface area contributed by atoms with Crippen molar-refractivity contribution in [2.75, 3.05) is 5.32 Å². The topological polar surface area (TPSA) is 34.0 Å². The van der Waals surface area contributed by atoms with Crippen molar-refractivity contribution in [2.24, 2.45) is 0 Å². The lowest BCUT2D eigenvalue weighted by molar-refractivity contribution is 0.101. The predicted molar refractivity (Wildman–Crippen MR) is 115 cm³/mol. The zero-order valence-corrected chi connectivity index (χ0v) is 16.9. The van der Waals surface area contributed by atoms with Gasteiger partial charge in [-0.2, -0.15) is 0 Å². The molecule has 0 spiro atoms. The number of aromatic nitrogens is 1. The molecule has 27 heavy (non-hydrogen) atoms. The summed E-state index contributed by atoms with van der Waals surface area (Å²) in [6, 6.07) is 12.5. The molecule has 1 heterocycles. The number of nitrogens with zero attached hydrogens (tertiary/aromatic N) is 1. The summed E-state index contributed by atoms with van der Waals surface area (Å²) >= 11 is 0. The van der Waals surface area contributed by atoms with Gasteiger partial charge in [0.05, 0.1) is 0 Å².